The molecule has 1 aromatic heterocycles. The van der Waals surface area contributed by atoms with Crippen molar-refractivity contribution in [2.24, 2.45) is 4.99 Å². The maximum absolute atomic E-state index is 13.7. The number of benzene rings is 3. The number of amides is 1. The van der Waals surface area contributed by atoms with E-state index in [4.69, 9.17) is 25.7 Å². The molecule has 1 aliphatic heterocycles. The van der Waals surface area contributed by atoms with Gasteiger partial charge in [0.2, 0.25) is 5.96 Å². The number of hydrogen-bond donors (Lipinski definition) is 3. The fourth-order valence-corrected chi connectivity index (χ4v) is 4.44. The molecule has 0 saturated heterocycles. The number of guanidine groups is 1. The summed E-state index contributed by atoms with van der Waals surface area (Å²) in [5.74, 6) is -1.14. The van der Waals surface area contributed by atoms with Crippen LogP contribution in [-0.2, 0) is 9.53 Å². The van der Waals surface area contributed by atoms with Gasteiger partial charge < -0.3 is 19.8 Å². The summed E-state index contributed by atoms with van der Waals surface area (Å²) in [6, 6.07) is 15.3. The van der Waals surface area contributed by atoms with Crippen molar-refractivity contribution < 1.29 is 23.1 Å². The van der Waals surface area contributed by atoms with Crippen LogP contribution >= 0.6 is 11.6 Å². The predicted octanol–water partition coefficient (Wildman–Crippen LogP) is 5.74. The molecule has 1 aliphatic rings. The van der Waals surface area contributed by atoms with Gasteiger partial charge in [0.1, 0.15) is 17.4 Å². The third kappa shape index (κ3) is 5.32. The van der Waals surface area contributed by atoms with Crippen molar-refractivity contribution in [2.75, 3.05) is 17.7 Å². The third-order valence-electron chi connectivity index (χ3n) is 6.17. The van der Waals surface area contributed by atoms with E-state index >= 15 is 0 Å². The van der Waals surface area contributed by atoms with Crippen molar-refractivity contribution in [3.63, 3.8) is 0 Å². The zero-order valence-corrected chi connectivity index (χ0v) is 21.9. The average molecular weight is 548 g/mol. The van der Waals surface area contributed by atoms with Gasteiger partial charge in [-0.3, -0.25) is 10.1 Å². The lowest BCUT2D eigenvalue weighted by atomic mass is 9.95. The Bertz CT molecular complexity index is 1680. The third-order valence-corrected chi connectivity index (χ3v) is 6.51. The molecule has 11 heteroatoms. The quantitative estimate of drug-likeness (QED) is 0.273. The number of anilines is 2. The lowest BCUT2D eigenvalue weighted by Gasteiger charge is -2.27. The Kier molecular flexibility index (Phi) is 7.03. The fraction of sp³-hybridized carbons (Fsp3) is 0.143. The van der Waals surface area contributed by atoms with Gasteiger partial charge >= 0.3 is 12.0 Å². The van der Waals surface area contributed by atoms with Crippen molar-refractivity contribution >= 4 is 52.2 Å². The topological polar surface area (TPSA) is 118 Å². The molecule has 3 N–H and O–H groups in total. The van der Waals surface area contributed by atoms with Crippen LogP contribution in [0.4, 0.5) is 16.1 Å². The number of rotatable bonds is 5. The lowest BCUT2D eigenvalue weighted by Crippen LogP contribution is -2.37. The Morgan fingerprint density at radius 2 is 1.90 bits per heavy atom. The Balaban J connectivity index is 1.49. The standard InChI is InChI=1S/C28H23ClFN5O4/c1-14-8-9-16(26(37)38-3)12-21(14)32-25(36)23-15(2)31-27(34-24(23)18-6-4-5-7-19(18)29)35-28-33-20-11-10-17(30)13-22(20)39-28/h4-13,24H,1-3H3,(H,32,36)(H2,31,33,34,35). The summed E-state index contributed by atoms with van der Waals surface area (Å²) in [5.41, 5.74) is 3.66. The number of oxazole rings is 1. The van der Waals surface area contributed by atoms with Gasteiger partial charge in [-0.1, -0.05) is 35.9 Å². The summed E-state index contributed by atoms with van der Waals surface area (Å²) in [4.78, 5) is 34.7. The first-order valence-electron chi connectivity index (χ1n) is 11.9. The molecule has 1 unspecified atom stereocenters. The van der Waals surface area contributed by atoms with Gasteiger partial charge in [0.15, 0.2) is 5.58 Å². The maximum atomic E-state index is 13.7. The van der Waals surface area contributed by atoms with Gasteiger partial charge in [-0.15, -0.1) is 0 Å². The molecule has 0 radical (unpaired) electrons. The normalized spacial score (nSPS) is 15.0. The second-order valence-corrected chi connectivity index (χ2v) is 9.20. The number of nitrogens with one attached hydrogen (secondary N) is 3. The maximum Gasteiger partial charge on any atom is 0.337 e. The van der Waals surface area contributed by atoms with Crippen LogP contribution in [0.25, 0.3) is 11.1 Å². The van der Waals surface area contributed by atoms with E-state index in [9.17, 15) is 14.0 Å². The Hall–Kier alpha value is -4.70. The van der Waals surface area contributed by atoms with E-state index in [-0.39, 0.29) is 17.6 Å². The van der Waals surface area contributed by atoms with Gasteiger partial charge in [0, 0.05) is 28.0 Å². The molecule has 5 rings (SSSR count). The van der Waals surface area contributed by atoms with Gasteiger partial charge in [-0.2, -0.15) is 4.98 Å². The summed E-state index contributed by atoms with van der Waals surface area (Å²) in [5, 5.41) is 9.35. The van der Waals surface area contributed by atoms with Crippen molar-refractivity contribution in [1.29, 1.82) is 0 Å². The van der Waals surface area contributed by atoms with Crippen LogP contribution in [0.2, 0.25) is 5.02 Å². The number of nitrogens with zero attached hydrogens (tertiary/aromatic N) is 2. The van der Waals surface area contributed by atoms with E-state index in [0.717, 1.165) is 5.56 Å². The van der Waals surface area contributed by atoms with Crippen LogP contribution in [0.1, 0.15) is 34.5 Å². The minimum absolute atomic E-state index is 0.0933. The molecule has 39 heavy (non-hydrogen) atoms. The van der Waals surface area contributed by atoms with E-state index in [0.29, 0.717) is 38.6 Å². The summed E-state index contributed by atoms with van der Waals surface area (Å²) >= 11 is 6.53. The van der Waals surface area contributed by atoms with Crippen LogP contribution in [0, 0.1) is 12.7 Å². The van der Waals surface area contributed by atoms with Crippen molar-refractivity contribution in [3.8, 4) is 0 Å². The number of carbonyl (C=O) groups is 2. The van der Waals surface area contributed by atoms with E-state index < -0.39 is 23.7 Å². The average Bonchev–Trinajstić information content (AvgIpc) is 3.30. The molecule has 9 nitrogen and oxygen atoms in total. The zero-order valence-electron chi connectivity index (χ0n) is 21.1. The summed E-state index contributed by atoms with van der Waals surface area (Å²) in [6.45, 7) is 3.54. The number of allylic oxidation sites excluding steroid dienone is 1. The summed E-state index contributed by atoms with van der Waals surface area (Å²) < 4.78 is 24.0. The molecule has 0 fully saturated rings. The molecule has 0 aliphatic carbocycles. The van der Waals surface area contributed by atoms with Gasteiger partial charge in [-0.25, -0.2) is 14.2 Å². The molecule has 1 atom stereocenters. The number of ether oxygens (including phenoxy) is 1. The number of aryl methyl sites for hydroxylation is 1. The summed E-state index contributed by atoms with van der Waals surface area (Å²) in [7, 11) is 1.29. The number of methoxy groups -OCH3 is 1. The molecule has 1 amide bonds. The number of aromatic nitrogens is 1. The molecule has 198 valence electrons. The highest BCUT2D eigenvalue weighted by Crippen LogP contribution is 2.36. The largest absolute Gasteiger partial charge is 0.465 e. The SMILES string of the molecule is COC(=O)c1ccc(C)c(NC(=O)C2=C(C)NC(Nc3nc4ccc(F)cc4o3)=NC2c2ccccc2Cl)c1. The number of carbonyl (C=O) groups excluding carboxylic acids is 2. The highest BCUT2D eigenvalue weighted by Gasteiger charge is 2.31. The number of fused-ring (bicyclic) bond motifs is 1. The lowest BCUT2D eigenvalue weighted by molar-refractivity contribution is -0.113. The molecule has 0 saturated carbocycles. The van der Waals surface area contributed by atoms with Crippen molar-refractivity contribution in [1.82, 2.24) is 10.3 Å². The van der Waals surface area contributed by atoms with Crippen LogP contribution in [0.15, 0.2) is 81.3 Å². The predicted molar refractivity (Wildman–Crippen MR) is 146 cm³/mol. The van der Waals surface area contributed by atoms with Gasteiger partial charge in [0.25, 0.3) is 5.91 Å². The van der Waals surface area contributed by atoms with Gasteiger partial charge in [-0.05, 0) is 49.7 Å². The fourth-order valence-electron chi connectivity index (χ4n) is 4.20. The first-order valence-corrected chi connectivity index (χ1v) is 12.2. The number of halogens is 2. The highest BCUT2D eigenvalue weighted by atomic mass is 35.5. The van der Waals surface area contributed by atoms with Crippen molar-refractivity contribution in [3.05, 3.63) is 99.5 Å². The zero-order chi connectivity index (χ0) is 27.7. The molecule has 2 heterocycles. The summed E-state index contributed by atoms with van der Waals surface area (Å²) in [6.07, 6.45) is 0. The van der Waals surface area contributed by atoms with E-state index in [1.54, 1.807) is 49.4 Å². The first-order chi connectivity index (χ1) is 18.7. The van der Waals surface area contributed by atoms with Crippen LogP contribution < -0.4 is 16.0 Å². The van der Waals surface area contributed by atoms with E-state index in [2.05, 4.69) is 20.9 Å². The molecule has 0 bridgehead atoms. The monoisotopic (exact) mass is 547 g/mol. The molecular weight excluding hydrogens is 525 g/mol. The van der Waals surface area contributed by atoms with E-state index in [1.807, 2.05) is 6.92 Å². The second kappa shape index (κ2) is 10.6. The molecular formula is C28H23ClFN5O4. The number of aliphatic imine (C=N–C) groups is 1. The second-order valence-electron chi connectivity index (χ2n) is 8.80. The molecule has 0 spiro atoms. The Morgan fingerprint density at radius 1 is 1.10 bits per heavy atom. The minimum atomic E-state index is -0.798. The number of hydrogen-bond acceptors (Lipinski definition) is 8. The van der Waals surface area contributed by atoms with E-state index in [1.165, 1.54) is 25.3 Å². The first kappa shape index (κ1) is 25.9. The molecule has 3 aromatic carbocycles. The molecule has 4 aromatic rings. The van der Waals surface area contributed by atoms with Crippen LogP contribution in [0.3, 0.4) is 0 Å². The van der Waals surface area contributed by atoms with Crippen molar-refractivity contribution in [2.45, 2.75) is 19.9 Å². The Labute approximate surface area is 227 Å². The Morgan fingerprint density at radius 3 is 2.67 bits per heavy atom. The minimum Gasteiger partial charge on any atom is -0.465 e. The smallest absolute Gasteiger partial charge is 0.337 e. The highest BCUT2D eigenvalue weighted by molar-refractivity contribution is 6.31. The number of esters is 1. The van der Waals surface area contributed by atoms with Crippen LogP contribution in [-0.4, -0.2) is 29.9 Å². The van der Waals surface area contributed by atoms with Gasteiger partial charge in [0.05, 0.1) is 18.2 Å². The van der Waals surface area contributed by atoms with Crippen LogP contribution in [0.5, 0.6) is 0 Å².